The molecular formula is C34H52O7Si2. The molecule has 2 saturated heterocycles. The zero-order valence-electron chi connectivity index (χ0n) is 27.9. The van der Waals surface area contributed by atoms with Crippen LogP contribution in [0.1, 0.15) is 59.8 Å². The van der Waals surface area contributed by atoms with Crippen LogP contribution in [0.3, 0.4) is 0 Å². The molecule has 0 radical (unpaired) electrons. The van der Waals surface area contributed by atoms with E-state index in [2.05, 4.69) is 86.0 Å². The highest BCUT2D eigenvalue weighted by Gasteiger charge is 2.74. The third kappa shape index (κ3) is 5.31. The largest absolute Gasteiger partial charge is 0.549 e. The Morgan fingerprint density at radius 1 is 0.953 bits per heavy atom. The number of esters is 1. The summed E-state index contributed by atoms with van der Waals surface area (Å²) in [5.41, 5.74) is -0.812. The molecule has 2 heterocycles. The average molecular weight is 629 g/mol. The lowest BCUT2D eigenvalue weighted by molar-refractivity contribution is -0.319. The Kier molecular flexibility index (Phi) is 8.31. The molecule has 1 aromatic rings. The van der Waals surface area contributed by atoms with Crippen molar-refractivity contribution in [3.8, 4) is 0 Å². The van der Waals surface area contributed by atoms with Crippen molar-refractivity contribution in [1.82, 2.24) is 0 Å². The Morgan fingerprint density at radius 3 is 2.19 bits per heavy atom. The maximum atomic E-state index is 14.1. The highest BCUT2D eigenvalue weighted by Crippen LogP contribution is 2.65. The SMILES string of the molecule is COC(=O)[C@]12CO[C@@H]3[C@@H]1[C@@](/C=C/O[Si](C)(C)C(C)(C)C)(C=C[C@H]3O[Si](C)(C)C(C)(C)C)[C@@H]1C[C@H]2O[C@H](c2ccccc2)O1. The van der Waals surface area contributed by atoms with Gasteiger partial charge < -0.3 is 27.8 Å². The summed E-state index contributed by atoms with van der Waals surface area (Å²) in [7, 11) is -2.81. The van der Waals surface area contributed by atoms with Gasteiger partial charge in [-0.15, -0.1) is 0 Å². The van der Waals surface area contributed by atoms with Crippen molar-refractivity contribution in [2.75, 3.05) is 13.7 Å². The molecule has 0 N–H and O–H groups in total. The first-order chi connectivity index (χ1) is 19.9. The number of benzene rings is 1. The van der Waals surface area contributed by atoms with E-state index in [4.69, 9.17) is 27.8 Å². The Labute approximate surface area is 260 Å². The molecule has 0 amide bonds. The molecule has 7 nitrogen and oxygen atoms in total. The van der Waals surface area contributed by atoms with Gasteiger partial charge in [0.05, 0.1) is 44.4 Å². The average Bonchev–Trinajstić information content (AvgIpc) is 3.35. The zero-order chi connectivity index (χ0) is 31.6. The van der Waals surface area contributed by atoms with Crippen LogP contribution in [0, 0.1) is 16.7 Å². The van der Waals surface area contributed by atoms with Crippen LogP contribution in [0.2, 0.25) is 36.3 Å². The van der Waals surface area contributed by atoms with Gasteiger partial charge in [-0.05, 0) is 42.3 Å². The molecule has 2 aliphatic heterocycles. The molecule has 4 aliphatic rings. The van der Waals surface area contributed by atoms with Gasteiger partial charge >= 0.3 is 5.97 Å². The van der Waals surface area contributed by atoms with Crippen molar-refractivity contribution in [2.24, 2.45) is 16.7 Å². The summed E-state index contributed by atoms with van der Waals surface area (Å²) in [6.07, 6.45) is 6.93. The lowest BCUT2D eigenvalue weighted by Crippen LogP contribution is -2.68. The van der Waals surface area contributed by atoms with E-state index in [0.717, 1.165) is 5.56 Å². The molecule has 238 valence electrons. The minimum Gasteiger partial charge on any atom is -0.549 e. The summed E-state index contributed by atoms with van der Waals surface area (Å²) < 4.78 is 39.4. The van der Waals surface area contributed by atoms with Gasteiger partial charge in [-0.2, -0.15) is 0 Å². The summed E-state index contributed by atoms with van der Waals surface area (Å²) in [6, 6.07) is 9.94. The molecule has 43 heavy (non-hydrogen) atoms. The van der Waals surface area contributed by atoms with Gasteiger partial charge in [0.25, 0.3) is 0 Å². The van der Waals surface area contributed by atoms with Gasteiger partial charge in [0, 0.05) is 23.3 Å². The lowest BCUT2D eigenvalue weighted by atomic mass is 9.49. The molecule has 1 saturated carbocycles. The first kappa shape index (κ1) is 32.6. The van der Waals surface area contributed by atoms with Gasteiger partial charge in [0.1, 0.15) is 5.41 Å². The summed E-state index contributed by atoms with van der Waals surface area (Å²) in [5.74, 6) is -0.631. The molecular weight excluding hydrogens is 577 g/mol. The minimum atomic E-state index is -2.17. The van der Waals surface area contributed by atoms with E-state index in [1.54, 1.807) is 0 Å². The molecule has 5 rings (SSSR count). The third-order valence-corrected chi connectivity index (χ3v) is 20.2. The van der Waals surface area contributed by atoms with Crippen molar-refractivity contribution in [3.63, 3.8) is 0 Å². The number of carbonyl (C=O) groups is 1. The second-order valence-electron chi connectivity index (χ2n) is 15.9. The highest BCUT2D eigenvalue weighted by molar-refractivity contribution is 6.74. The summed E-state index contributed by atoms with van der Waals surface area (Å²) in [6.45, 7) is 22.6. The van der Waals surface area contributed by atoms with E-state index in [9.17, 15) is 4.79 Å². The van der Waals surface area contributed by atoms with Crippen molar-refractivity contribution in [3.05, 3.63) is 60.4 Å². The quantitative estimate of drug-likeness (QED) is 0.134. The number of ether oxygens (including phenoxy) is 4. The Bertz CT molecular complexity index is 1250. The number of hydrogen-bond donors (Lipinski definition) is 0. The van der Waals surface area contributed by atoms with Crippen LogP contribution in [0.5, 0.6) is 0 Å². The predicted molar refractivity (Wildman–Crippen MR) is 172 cm³/mol. The fourth-order valence-electron chi connectivity index (χ4n) is 6.76. The van der Waals surface area contributed by atoms with Gasteiger partial charge in [0.15, 0.2) is 14.6 Å². The van der Waals surface area contributed by atoms with Crippen LogP contribution in [-0.2, 0) is 32.6 Å². The van der Waals surface area contributed by atoms with Crippen molar-refractivity contribution in [2.45, 2.75) is 115 Å². The van der Waals surface area contributed by atoms with Crippen LogP contribution in [0.15, 0.2) is 54.8 Å². The number of carbonyl (C=O) groups excluding carboxylic acids is 1. The molecule has 3 fully saturated rings. The zero-order valence-corrected chi connectivity index (χ0v) is 29.9. The van der Waals surface area contributed by atoms with Crippen LogP contribution < -0.4 is 0 Å². The van der Waals surface area contributed by atoms with Gasteiger partial charge in [0.2, 0.25) is 8.32 Å². The van der Waals surface area contributed by atoms with Crippen molar-refractivity contribution >= 4 is 22.6 Å². The van der Waals surface area contributed by atoms with Gasteiger partial charge in [-0.1, -0.05) is 84.0 Å². The fraction of sp³-hybridized carbons (Fsp3) is 0.676. The monoisotopic (exact) mass is 628 g/mol. The van der Waals surface area contributed by atoms with Crippen LogP contribution in [0.25, 0.3) is 0 Å². The molecule has 1 aromatic carbocycles. The molecule has 8 atom stereocenters. The van der Waals surface area contributed by atoms with Crippen LogP contribution in [-0.4, -0.2) is 60.7 Å². The molecule has 0 spiro atoms. The topological polar surface area (TPSA) is 72.5 Å². The highest BCUT2D eigenvalue weighted by atomic mass is 28.4. The van der Waals surface area contributed by atoms with Gasteiger partial charge in [-0.25, -0.2) is 0 Å². The molecule has 0 aromatic heterocycles. The Hall–Kier alpha value is -1.76. The smallest absolute Gasteiger partial charge is 0.317 e. The number of hydrogen-bond acceptors (Lipinski definition) is 7. The van der Waals surface area contributed by atoms with E-state index < -0.39 is 39.9 Å². The maximum Gasteiger partial charge on any atom is 0.317 e. The van der Waals surface area contributed by atoms with E-state index >= 15 is 0 Å². The number of methoxy groups -OCH3 is 1. The Morgan fingerprint density at radius 2 is 1.58 bits per heavy atom. The van der Waals surface area contributed by atoms with Crippen LogP contribution in [0.4, 0.5) is 0 Å². The molecule has 0 unspecified atom stereocenters. The first-order valence-corrected chi connectivity index (χ1v) is 21.5. The minimum absolute atomic E-state index is 0.0164. The number of rotatable bonds is 7. The van der Waals surface area contributed by atoms with E-state index in [1.165, 1.54) is 7.11 Å². The summed E-state index contributed by atoms with van der Waals surface area (Å²) in [4.78, 5) is 14.1. The second kappa shape index (κ2) is 10.9. The lowest BCUT2D eigenvalue weighted by Gasteiger charge is -2.60. The van der Waals surface area contributed by atoms with E-state index in [-0.39, 0.29) is 46.9 Å². The third-order valence-electron chi connectivity index (χ3n) is 11.4. The summed E-state index contributed by atoms with van der Waals surface area (Å²) in [5, 5.41) is 0.0576. The second-order valence-corrected chi connectivity index (χ2v) is 25.4. The Balaban J connectivity index is 1.65. The summed E-state index contributed by atoms with van der Waals surface area (Å²) >= 11 is 0. The fourth-order valence-corrected chi connectivity index (χ4v) is 8.77. The molecule has 2 bridgehead atoms. The maximum absolute atomic E-state index is 14.1. The predicted octanol–water partition coefficient (Wildman–Crippen LogP) is 7.53. The standard InChI is InChI=1S/C34H52O7Si2/c1-31(2,3)42(8,9)38-20-19-33-18-17-24(41-43(10,11)32(4,5)6)27-28(33)34(22-37-27,30(35)36-7)26-21-25(33)39-29(40-26)23-15-13-12-14-16-23/h12-20,24-29H,21-22H2,1-11H3/b20-19+/t24-,25+,26-,27+,28-,29-,33-,34+/m1/s1. The van der Waals surface area contributed by atoms with E-state index in [0.29, 0.717) is 6.42 Å². The first-order valence-electron chi connectivity index (χ1n) is 15.7. The van der Waals surface area contributed by atoms with E-state index in [1.807, 2.05) is 36.6 Å². The van der Waals surface area contributed by atoms with Crippen LogP contribution >= 0.6 is 0 Å². The number of fused-ring (bicyclic) bond motifs is 4. The normalized spacial score (nSPS) is 36.0. The van der Waals surface area contributed by atoms with Crippen molar-refractivity contribution in [1.29, 1.82) is 0 Å². The molecule has 2 aliphatic carbocycles. The van der Waals surface area contributed by atoms with Crippen molar-refractivity contribution < 1.29 is 32.6 Å². The molecule has 9 heteroatoms. The van der Waals surface area contributed by atoms with Gasteiger partial charge in [-0.3, -0.25) is 4.79 Å².